The van der Waals surface area contributed by atoms with Gasteiger partial charge in [-0.25, -0.2) is 0 Å². The van der Waals surface area contributed by atoms with E-state index >= 15 is 0 Å². The number of carbonyl (C=O) groups is 1. The van der Waals surface area contributed by atoms with E-state index in [9.17, 15) is 30.3 Å². The van der Waals surface area contributed by atoms with E-state index in [1.807, 2.05) is 6.08 Å². The van der Waals surface area contributed by atoms with Gasteiger partial charge >= 0.3 is 0 Å². The maximum absolute atomic E-state index is 13.0. The lowest BCUT2D eigenvalue weighted by Crippen LogP contribution is -2.60. The van der Waals surface area contributed by atoms with Gasteiger partial charge in [-0.1, -0.05) is 262 Å². The number of rotatable bonds is 50. The Hall–Kier alpha value is -1.59. The van der Waals surface area contributed by atoms with E-state index in [0.29, 0.717) is 6.42 Å². The van der Waals surface area contributed by atoms with Crippen LogP contribution in [0.4, 0.5) is 0 Å². The summed E-state index contributed by atoms with van der Waals surface area (Å²) in [4.78, 5) is 13.0. The van der Waals surface area contributed by atoms with Crippen LogP contribution in [0.25, 0.3) is 0 Å². The largest absolute Gasteiger partial charge is 0.394 e. The van der Waals surface area contributed by atoms with Crippen molar-refractivity contribution in [2.24, 2.45) is 0 Å². The van der Waals surface area contributed by atoms with Crippen molar-refractivity contribution in [3.63, 3.8) is 0 Å². The monoisotopic (exact) mass is 962 g/mol. The summed E-state index contributed by atoms with van der Waals surface area (Å²) in [5, 5.41) is 54.4. The Morgan fingerprint density at radius 1 is 0.485 bits per heavy atom. The van der Waals surface area contributed by atoms with E-state index in [1.165, 1.54) is 212 Å². The summed E-state index contributed by atoms with van der Waals surface area (Å²) in [6, 6.07) is -0.826. The molecule has 1 aliphatic heterocycles. The number of amides is 1. The van der Waals surface area contributed by atoms with Crippen molar-refractivity contribution >= 4 is 5.91 Å². The molecule has 7 unspecified atom stereocenters. The summed E-state index contributed by atoms with van der Waals surface area (Å²) in [5.74, 6) is -0.188. The first-order valence-corrected chi connectivity index (χ1v) is 29.2. The lowest BCUT2D eigenvalue weighted by atomic mass is 9.99. The molecule has 68 heavy (non-hydrogen) atoms. The van der Waals surface area contributed by atoms with Crippen LogP contribution in [0, 0.1) is 0 Å². The lowest BCUT2D eigenvalue weighted by Gasteiger charge is -2.40. The Morgan fingerprint density at radius 2 is 0.838 bits per heavy atom. The van der Waals surface area contributed by atoms with Crippen LogP contribution < -0.4 is 5.32 Å². The molecule has 1 rings (SSSR count). The number of hydrogen-bond acceptors (Lipinski definition) is 8. The summed E-state index contributed by atoms with van der Waals surface area (Å²) in [6.07, 6.45) is 56.6. The van der Waals surface area contributed by atoms with E-state index in [0.717, 1.165) is 44.9 Å². The predicted molar refractivity (Wildman–Crippen MR) is 286 cm³/mol. The molecule has 0 saturated carbocycles. The fourth-order valence-corrected chi connectivity index (χ4v) is 9.31. The first kappa shape index (κ1) is 64.4. The number of carbonyl (C=O) groups excluding carboxylic acids is 1. The molecule has 6 N–H and O–H groups in total. The first-order valence-electron chi connectivity index (χ1n) is 29.2. The fraction of sp³-hybridized carbons (Fsp3) is 0.881. The third kappa shape index (κ3) is 38.1. The smallest absolute Gasteiger partial charge is 0.220 e. The Bertz CT molecular complexity index is 1160. The van der Waals surface area contributed by atoms with Crippen molar-refractivity contribution in [2.75, 3.05) is 13.2 Å². The zero-order chi connectivity index (χ0) is 49.4. The molecule has 1 saturated heterocycles. The number of hydrogen-bond donors (Lipinski definition) is 6. The molecule has 0 aromatic rings. The SMILES string of the molecule is CCCCCCCCCCCCCCCCCCCCCC/C=C/CC/C=C/CC/C=C/C(O)C(COC1OC(CO)C(O)C(O)C1O)NC(=O)CCCCCCCCCCCCCCCCC. The first-order chi connectivity index (χ1) is 33.3. The van der Waals surface area contributed by atoms with Crippen molar-refractivity contribution < 1.29 is 39.8 Å². The van der Waals surface area contributed by atoms with Crippen LogP contribution in [-0.4, -0.2) is 87.5 Å². The molecule has 1 fully saturated rings. The molecular weight excluding hydrogens is 851 g/mol. The van der Waals surface area contributed by atoms with Gasteiger partial charge in [0, 0.05) is 6.42 Å². The molecule has 1 heterocycles. The van der Waals surface area contributed by atoms with E-state index < -0.39 is 49.5 Å². The molecule has 0 aliphatic carbocycles. The van der Waals surface area contributed by atoms with E-state index in [-0.39, 0.29) is 12.5 Å². The maximum Gasteiger partial charge on any atom is 0.220 e. The molecule has 0 spiro atoms. The Labute approximate surface area is 419 Å². The zero-order valence-corrected chi connectivity index (χ0v) is 44.4. The molecule has 9 nitrogen and oxygen atoms in total. The molecular formula is C59H111NO8. The fourth-order valence-electron chi connectivity index (χ4n) is 9.31. The highest BCUT2D eigenvalue weighted by atomic mass is 16.7. The van der Waals surface area contributed by atoms with Crippen molar-refractivity contribution in [3.05, 3.63) is 36.5 Å². The molecule has 0 radical (unpaired) electrons. The Balaban J connectivity index is 2.22. The average molecular weight is 963 g/mol. The molecule has 1 amide bonds. The average Bonchev–Trinajstić information content (AvgIpc) is 3.34. The van der Waals surface area contributed by atoms with Gasteiger partial charge in [-0.3, -0.25) is 4.79 Å². The van der Waals surface area contributed by atoms with Gasteiger partial charge in [0.2, 0.25) is 5.91 Å². The van der Waals surface area contributed by atoms with Crippen molar-refractivity contribution in [3.8, 4) is 0 Å². The van der Waals surface area contributed by atoms with Crippen molar-refractivity contribution in [2.45, 2.75) is 320 Å². The summed E-state index contributed by atoms with van der Waals surface area (Å²) < 4.78 is 11.2. The van der Waals surface area contributed by atoms with Crippen LogP contribution in [0.5, 0.6) is 0 Å². The van der Waals surface area contributed by atoms with Gasteiger partial charge in [-0.15, -0.1) is 0 Å². The summed E-state index contributed by atoms with van der Waals surface area (Å²) in [6.45, 7) is 3.78. The minimum Gasteiger partial charge on any atom is -0.394 e. The highest BCUT2D eigenvalue weighted by molar-refractivity contribution is 5.76. The summed E-state index contributed by atoms with van der Waals surface area (Å²) in [5.41, 5.74) is 0. The van der Waals surface area contributed by atoms with Gasteiger partial charge in [0.15, 0.2) is 6.29 Å². The minimum absolute atomic E-state index is 0.188. The molecule has 7 atom stereocenters. The minimum atomic E-state index is -1.57. The molecule has 0 aromatic carbocycles. The van der Waals surface area contributed by atoms with Crippen LogP contribution in [0.2, 0.25) is 0 Å². The number of aliphatic hydroxyl groups excluding tert-OH is 5. The van der Waals surface area contributed by atoms with Crippen molar-refractivity contribution in [1.82, 2.24) is 5.32 Å². The third-order valence-electron chi connectivity index (χ3n) is 13.9. The van der Waals surface area contributed by atoms with Gasteiger partial charge in [-0.05, 0) is 44.9 Å². The van der Waals surface area contributed by atoms with Gasteiger partial charge in [0.25, 0.3) is 0 Å². The predicted octanol–water partition coefficient (Wildman–Crippen LogP) is 14.4. The van der Waals surface area contributed by atoms with Crippen LogP contribution >= 0.6 is 0 Å². The van der Waals surface area contributed by atoms with Crippen LogP contribution in [-0.2, 0) is 14.3 Å². The quantitative estimate of drug-likeness (QED) is 0.0261. The number of aliphatic hydroxyl groups is 5. The zero-order valence-electron chi connectivity index (χ0n) is 44.4. The number of unbranched alkanes of at least 4 members (excludes halogenated alkanes) is 36. The maximum atomic E-state index is 13.0. The third-order valence-corrected chi connectivity index (χ3v) is 13.9. The molecule has 0 aromatic heterocycles. The highest BCUT2D eigenvalue weighted by Gasteiger charge is 2.44. The molecule has 9 heteroatoms. The van der Waals surface area contributed by atoms with Crippen LogP contribution in [0.3, 0.4) is 0 Å². The topological polar surface area (TPSA) is 149 Å². The normalized spacial score (nSPS) is 19.8. The second kappa shape index (κ2) is 49.0. The Morgan fingerprint density at radius 3 is 1.24 bits per heavy atom. The van der Waals surface area contributed by atoms with Gasteiger partial charge in [0.05, 0.1) is 25.4 Å². The standard InChI is InChI=1S/C59H111NO8/c1-3-5-7-9-11-13-15-17-19-20-21-22-23-24-25-26-27-28-29-30-31-32-33-35-36-38-40-42-44-46-48-53(62)52(51-67-59-58(66)57(65)56(64)54(50-61)68-59)60-55(63)49-47-45-43-41-39-37-34-18-16-14-12-10-8-6-4-2/h32-33,38,40,46,48,52-54,56-59,61-62,64-66H,3-31,34-37,39,41-45,47,49-51H2,1-2H3,(H,60,63)/b33-32+,40-38+,48-46+. The molecule has 0 bridgehead atoms. The second-order valence-electron chi connectivity index (χ2n) is 20.4. The number of ether oxygens (including phenoxy) is 2. The van der Waals surface area contributed by atoms with E-state index in [2.05, 4.69) is 43.5 Å². The van der Waals surface area contributed by atoms with Gasteiger partial charge in [-0.2, -0.15) is 0 Å². The van der Waals surface area contributed by atoms with Crippen LogP contribution in [0.1, 0.15) is 277 Å². The highest BCUT2D eigenvalue weighted by Crippen LogP contribution is 2.23. The van der Waals surface area contributed by atoms with E-state index in [4.69, 9.17) is 9.47 Å². The number of nitrogens with one attached hydrogen (secondary N) is 1. The van der Waals surface area contributed by atoms with Crippen LogP contribution in [0.15, 0.2) is 36.5 Å². The summed E-state index contributed by atoms with van der Waals surface area (Å²) >= 11 is 0. The van der Waals surface area contributed by atoms with Gasteiger partial charge < -0.3 is 40.3 Å². The second-order valence-corrected chi connectivity index (χ2v) is 20.4. The van der Waals surface area contributed by atoms with Gasteiger partial charge in [0.1, 0.15) is 24.4 Å². The van der Waals surface area contributed by atoms with Crippen molar-refractivity contribution in [1.29, 1.82) is 0 Å². The lowest BCUT2D eigenvalue weighted by molar-refractivity contribution is -0.302. The summed E-state index contributed by atoms with van der Waals surface area (Å²) in [7, 11) is 0. The number of allylic oxidation sites excluding steroid dienone is 5. The molecule has 400 valence electrons. The Kier molecular flexibility index (Phi) is 46.4. The molecule has 1 aliphatic rings. The van der Waals surface area contributed by atoms with E-state index in [1.54, 1.807) is 6.08 Å².